The number of nitrogens with zero attached hydrogens (tertiary/aromatic N) is 1. The van der Waals surface area contributed by atoms with Crippen LogP contribution in [0.1, 0.15) is 42.0 Å². The van der Waals surface area contributed by atoms with Crippen LogP contribution in [0.2, 0.25) is 0 Å². The number of hydrogen-bond acceptors (Lipinski definition) is 4. The number of aryl methyl sites for hydroxylation is 1. The lowest BCUT2D eigenvalue weighted by Crippen LogP contribution is -2.27. The molecule has 1 saturated heterocycles. The third kappa shape index (κ3) is 4.33. The molecule has 0 atom stereocenters. The Morgan fingerprint density at radius 1 is 1.18 bits per heavy atom. The van der Waals surface area contributed by atoms with Crippen LogP contribution in [0.4, 0.5) is 4.79 Å². The molecule has 1 aliphatic heterocycles. The van der Waals surface area contributed by atoms with Crippen LogP contribution in [0.25, 0.3) is 6.08 Å². The Labute approximate surface area is 178 Å². The standard InChI is InChI=1S/C22H22BrNO3S/c1-13(2)18-10-16(14(3)9-19(18)27-4)11-20-21(25)24(22(26)28-20)12-15-5-7-17(23)8-6-15/h5-11,13H,12H2,1-4H3/b20-11-. The van der Waals surface area contributed by atoms with Crippen LogP contribution >= 0.6 is 27.7 Å². The molecule has 1 heterocycles. The molecule has 1 aliphatic rings. The molecule has 4 nitrogen and oxygen atoms in total. The Hall–Kier alpha value is -2.05. The molecule has 1 fully saturated rings. The van der Waals surface area contributed by atoms with Crippen molar-refractivity contribution in [1.29, 1.82) is 0 Å². The SMILES string of the molecule is COc1cc(C)c(/C=C2\SC(=O)N(Cc3ccc(Br)cc3)C2=O)cc1C(C)C. The largest absolute Gasteiger partial charge is 0.496 e. The van der Waals surface area contributed by atoms with E-state index in [1.165, 1.54) is 4.90 Å². The highest BCUT2D eigenvalue weighted by Crippen LogP contribution is 2.36. The Bertz CT molecular complexity index is 951. The van der Waals surface area contributed by atoms with Gasteiger partial charge in [-0.2, -0.15) is 0 Å². The van der Waals surface area contributed by atoms with Gasteiger partial charge >= 0.3 is 0 Å². The first kappa shape index (κ1) is 20.7. The van der Waals surface area contributed by atoms with Crippen LogP contribution in [0.3, 0.4) is 0 Å². The van der Waals surface area contributed by atoms with Gasteiger partial charge in [-0.1, -0.05) is 41.9 Å². The van der Waals surface area contributed by atoms with Gasteiger partial charge in [0.2, 0.25) is 0 Å². The van der Waals surface area contributed by atoms with Crippen molar-refractivity contribution in [3.63, 3.8) is 0 Å². The highest BCUT2D eigenvalue weighted by atomic mass is 79.9. The highest BCUT2D eigenvalue weighted by Gasteiger charge is 2.35. The number of ether oxygens (including phenoxy) is 1. The van der Waals surface area contributed by atoms with Gasteiger partial charge in [-0.15, -0.1) is 0 Å². The first-order valence-electron chi connectivity index (χ1n) is 8.98. The molecular formula is C22H22BrNO3S. The number of imide groups is 1. The van der Waals surface area contributed by atoms with E-state index in [-0.39, 0.29) is 23.6 Å². The van der Waals surface area contributed by atoms with Crippen molar-refractivity contribution in [3.05, 3.63) is 68.0 Å². The number of rotatable bonds is 5. The van der Waals surface area contributed by atoms with E-state index in [2.05, 4.69) is 29.8 Å². The number of carbonyl (C=O) groups is 2. The number of amides is 2. The molecule has 3 rings (SSSR count). The smallest absolute Gasteiger partial charge is 0.293 e. The Morgan fingerprint density at radius 3 is 2.46 bits per heavy atom. The average Bonchev–Trinajstić information content (AvgIpc) is 2.92. The van der Waals surface area contributed by atoms with Crippen molar-refractivity contribution in [2.75, 3.05) is 7.11 Å². The summed E-state index contributed by atoms with van der Waals surface area (Å²) in [6.45, 7) is 6.45. The van der Waals surface area contributed by atoms with Crippen LogP contribution < -0.4 is 4.74 Å². The average molecular weight is 460 g/mol. The van der Waals surface area contributed by atoms with Crippen LogP contribution in [0.15, 0.2) is 45.8 Å². The summed E-state index contributed by atoms with van der Waals surface area (Å²) in [6, 6.07) is 11.6. The molecule has 0 aromatic heterocycles. The minimum Gasteiger partial charge on any atom is -0.496 e. The third-order valence-electron chi connectivity index (χ3n) is 4.65. The maximum Gasteiger partial charge on any atom is 0.293 e. The van der Waals surface area contributed by atoms with Crippen molar-refractivity contribution < 1.29 is 14.3 Å². The number of halogens is 1. The molecule has 0 spiro atoms. The van der Waals surface area contributed by atoms with Gasteiger partial charge in [-0.25, -0.2) is 0 Å². The van der Waals surface area contributed by atoms with Gasteiger partial charge in [-0.3, -0.25) is 14.5 Å². The van der Waals surface area contributed by atoms with Crippen LogP contribution in [0.5, 0.6) is 5.75 Å². The fraction of sp³-hybridized carbons (Fsp3) is 0.273. The molecule has 2 aromatic carbocycles. The predicted molar refractivity (Wildman–Crippen MR) is 117 cm³/mol. The van der Waals surface area contributed by atoms with Crippen molar-refractivity contribution in [1.82, 2.24) is 4.90 Å². The molecule has 2 aromatic rings. The van der Waals surface area contributed by atoms with E-state index in [0.717, 1.165) is 44.2 Å². The summed E-state index contributed by atoms with van der Waals surface area (Å²) < 4.78 is 6.44. The Balaban J connectivity index is 1.89. The van der Waals surface area contributed by atoms with E-state index < -0.39 is 0 Å². The molecule has 146 valence electrons. The second kappa shape index (κ2) is 8.53. The summed E-state index contributed by atoms with van der Waals surface area (Å²) in [6.07, 6.45) is 1.81. The van der Waals surface area contributed by atoms with Gasteiger partial charge < -0.3 is 4.74 Å². The molecular weight excluding hydrogens is 438 g/mol. The second-order valence-electron chi connectivity index (χ2n) is 7.00. The predicted octanol–water partition coefficient (Wildman–Crippen LogP) is 6.13. The summed E-state index contributed by atoms with van der Waals surface area (Å²) in [4.78, 5) is 27.0. The van der Waals surface area contributed by atoms with Gasteiger partial charge in [-0.05, 0) is 77.2 Å². The lowest BCUT2D eigenvalue weighted by molar-refractivity contribution is -0.123. The number of methoxy groups -OCH3 is 1. The summed E-state index contributed by atoms with van der Waals surface area (Å²) in [5, 5.41) is -0.241. The van der Waals surface area contributed by atoms with Crippen LogP contribution in [-0.2, 0) is 11.3 Å². The zero-order valence-corrected chi connectivity index (χ0v) is 18.7. The summed E-state index contributed by atoms with van der Waals surface area (Å²) in [5.74, 6) is 0.877. The second-order valence-corrected chi connectivity index (χ2v) is 8.91. The van der Waals surface area contributed by atoms with Gasteiger partial charge in [0.05, 0.1) is 18.6 Å². The normalized spacial score (nSPS) is 15.8. The van der Waals surface area contributed by atoms with Gasteiger partial charge in [0.1, 0.15) is 5.75 Å². The molecule has 0 radical (unpaired) electrons. The minimum atomic E-state index is -0.251. The van der Waals surface area contributed by atoms with E-state index in [1.54, 1.807) is 7.11 Å². The number of benzene rings is 2. The monoisotopic (exact) mass is 459 g/mol. The molecule has 0 bridgehead atoms. The maximum atomic E-state index is 12.8. The maximum absolute atomic E-state index is 12.8. The highest BCUT2D eigenvalue weighted by molar-refractivity contribution is 9.10. The zero-order chi connectivity index (χ0) is 20.4. The number of carbonyl (C=O) groups excluding carboxylic acids is 2. The molecule has 2 amide bonds. The van der Waals surface area contributed by atoms with Crippen molar-refractivity contribution in [2.24, 2.45) is 0 Å². The van der Waals surface area contributed by atoms with E-state index in [4.69, 9.17) is 4.74 Å². The third-order valence-corrected chi connectivity index (χ3v) is 6.09. The Morgan fingerprint density at radius 2 is 1.86 bits per heavy atom. The van der Waals surface area contributed by atoms with Gasteiger partial charge in [0, 0.05) is 4.47 Å². The molecule has 0 aliphatic carbocycles. The summed E-state index contributed by atoms with van der Waals surface area (Å²) in [5.41, 5.74) is 3.92. The van der Waals surface area contributed by atoms with Crippen molar-refractivity contribution in [3.8, 4) is 5.75 Å². The quantitative estimate of drug-likeness (QED) is 0.504. The molecule has 6 heteroatoms. The minimum absolute atomic E-state index is 0.241. The van der Waals surface area contributed by atoms with E-state index in [9.17, 15) is 9.59 Å². The van der Waals surface area contributed by atoms with E-state index in [0.29, 0.717) is 4.91 Å². The van der Waals surface area contributed by atoms with Gasteiger partial charge in [0.15, 0.2) is 0 Å². The fourth-order valence-corrected chi connectivity index (χ4v) is 4.14. The topological polar surface area (TPSA) is 46.6 Å². The molecule has 28 heavy (non-hydrogen) atoms. The lowest BCUT2D eigenvalue weighted by Gasteiger charge is -2.15. The number of thioether (sulfide) groups is 1. The number of hydrogen-bond donors (Lipinski definition) is 0. The molecule has 0 saturated carbocycles. The molecule has 0 unspecified atom stereocenters. The van der Waals surface area contributed by atoms with Crippen molar-refractivity contribution in [2.45, 2.75) is 33.2 Å². The lowest BCUT2D eigenvalue weighted by atomic mass is 9.96. The molecule has 0 N–H and O–H groups in total. The van der Waals surface area contributed by atoms with Crippen LogP contribution in [-0.4, -0.2) is 23.2 Å². The van der Waals surface area contributed by atoms with E-state index >= 15 is 0 Å². The summed E-state index contributed by atoms with van der Waals surface area (Å²) in [7, 11) is 1.66. The van der Waals surface area contributed by atoms with Crippen molar-refractivity contribution >= 4 is 44.9 Å². The Kier molecular flexibility index (Phi) is 6.30. The van der Waals surface area contributed by atoms with Crippen LogP contribution in [0, 0.1) is 6.92 Å². The first-order valence-corrected chi connectivity index (χ1v) is 10.6. The zero-order valence-electron chi connectivity index (χ0n) is 16.3. The van der Waals surface area contributed by atoms with E-state index in [1.807, 2.05) is 49.4 Å². The fourth-order valence-electron chi connectivity index (χ4n) is 3.05. The van der Waals surface area contributed by atoms with Gasteiger partial charge in [0.25, 0.3) is 11.1 Å². The summed E-state index contributed by atoms with van der Waals surface area (Å²) >= 11 is 4.38. The first-order chi connectivity index (χ1) is 13.3.